The molecule has 6 N–H and O–H groups in total. The number of amides is 10. The van der Waals surface area contributed by atoms with Gasteiger partial charge in [-0.15, -0.1) is 0 Å². The van der Waals surface area contributed by atoms with Gasteiger partial charge in [-0.2, -0.15) is 0 Å². The summed E-state index contributed by atoms with van der Waals surface area (Å²) < 4.78 is 0. The van der Waals surface area contributed by atoms with Crippen molar-refractivity contribution >= 4 is 198 Å². The maximum atomic E-state index is 12.0. The lowest BCUT2D eigenvalue weighted by atomic mass is 10.1. The Hall–Kier alpha value is -7.45. The molecule has 0 radical (unpaired) electrons. The van der Waals surface area contributed by atoms with E-state index in [1.165, 1.54) is 25.7 Å². The first-order valence-electron chi connectivity index (χ1n) is 37.9. The molecule has 0 spiro atoms. The largest absolute Gasteiger partial charge is 0.334 e. The van der Waals surface area contributed by atoms with Crippen LogP contribution in [0.1, 0.15) is 136 Å². The average molecular weight is 1730 g/mol. The smallest absolute Gasteiger partial charge is 0.313 e. The molecule has 6 fully saturated rings. The van der Waals surface area contributed by atoms with E-state index in [1.54, 1.807) is 100 Å². The van der Waals surface area contributed by atoms with E-state index in [2.05, 4.69) is 41.7 Å². The van der Waals surface area contributed by atoms with Crippen LogP contribution in [0.15, 0.2) is 91.0 Å². The van der Waals surface area contributed by atoms with Crippen LogP contribution in [0, 0.1) is 41.5 Å². The Morgan fingerprint density at radius 3 is 0.664 bits per heavy atom. The third-order valence-corrected chi connectivity index (χ3v) is 23.0. The first-order valence-corrected chi connectivity index (χ1v) is 41.4. The predicted molar refractivity (Wildman–Crippen MR) is 457 cm³/mol. The number of rotatable bonds is 10. The summed E-state index contributed by atoms with van der Waals surface area (Å²) in [5.41, 5.74) is 8.58. The maximum Gasteiger partial charge on any atom is 0.313 e. The fourth-order valence-corrected chi connectivity index (χ4v) is 14.6. The molecule has 31 heteroatoms. The Kier molecular flexibility index (Phi) is 38.5. The Labute approximate surface area is 707 Å². The number of halogens is 9. The van der Waals surface area contributed by atoms with Gasteiger partial charge in [0.25, 0.3) is 0 Å². The van der Waals surface area contributed by atoms with Crippen LogP contribution in [0.25, 0.3) is 0 Å². The van der Waals surface area contributed by atoms with Gasteiger partial charge in [-0.25, -0.2) is 0 Å². The summed E-state index contributed by atoms with van der Waals surface area (Å²) in [6, 6.07) is 25.8. The van der Waals surface area contributed by atoms with E-state index in [1.807, 2.05) is 52.0 Å². The summed E-state index contributed by atoms with van der Waals surface area (Å²) in [4.78, 5) is 130. The molecule has 0 aliphatic carbocycles. The molecule has 6 aromatic carbocycles. The van der Waals surface area contributed by atoms with E-state index >= 15 is 0 Å². The number of hydrogen-bond acceptors (Lipinski definition) is 12. The van der Waals surface area contributed by atoms with Crippen molar-refractivity contribution in [1.82, 2.24) is 29.4 Å². The second-order valence-corrected chi connectivity index (χ2v) is 32.0. The van der Waals surface area contributed by atoms with Crippen molar-refractivity contribution in [2.45, 2.75) is 144 Å². The zero-order valence-electron chi connectivity index (χ0n) is 64.5. The highest BCUT2D eigenvalue weighted by Gasteiger charge is 2.28. The van der Waals surface area contributed by atoms with E-state index in [9.17, 15) is 47.9 Å². The summed E-state index contributed by atoms with van der Waals surface area (Å²) >= 11 is 54.0. The molecule has 113 heavy (non-hydrogen) atoms. The third-order valence-electron chi connectivity index (χ3n) is 19.4. The molecule has 0 atom stereocenters. The van der Waals surface area contributed by atoms with Gasteiger partial charge in [0.1, 0.15) is 0 Å². The number of aryl methyl sites for hydroxylation is 3. The van der Waals surface area contributed by atoms with Crippen LogP contribution in [-0.4, -0.2) is 180 Å². The van der Waals surface area contributed by atoms with Crippen LogP contribution >= 0.6 is 104 Å². The standard InChI is InChI=1S/2C14H16Cl2N2O2.2C14H17ClN2O2.C13H16Cl2N2O.C13H17ClN2O/c2*1-9-11(15)7-10(8-12(9)16)17-13(19)14(20)18-5-3-2-4-6-18;2*1-10-5-6-11(9-12(10)15)16-13(18)14(19)17-7-3-2-4-8-17;1-9-11(14)6-10(7-12(9)15)16-13(18)8-17-4-2-3-5-17;1-10-4-5-11(8-12(10)14)15-13(17)9-16-6-2-3-7-16/h2*7-8H,2-6H2,1H3,(H,17,19);2*5-6,9H,2-4,7-8H2,1H3,(H,16,18);6-7H,2-5,8H2,1H3,(H,16,18);4-5,8H,2-3,6-7,9H2,1H3,(H,15,17). The lowest BCUT2D eigenvalue weighted by molar-refractivity contribution is -0.143. The minimum absolute atomic E-state index is 0.0205. The highest BCUT2D eigenvalue weighted by molar-refractivity contribution is 6.43. The number of benzene rings is 6. The number of nitrogens with one attached hydrogen (secondary N) is 6. The van der Waals surface area contributed by atoms with E-state index in [4.69, 9.17) is 104 Å². The maximum absolute atomic E-state index is 12.0. The molecule has 0 aromatic heterocycles. The van der Waals surface area contributed by atoms with Gasteiger partial charge in [-0.1, -0.05) is 123 Å². The second kappa shape index (κ2) is 46.9. The van der Waals surface area contributed by atoms with Gasteiger partial charge in [0.05, 0.1) is 13.1 Å². The Balaban J connectivity index is 0.000000188. The van der Waals surface area contributed by atoms with Crippen LogP contribution in [0.4, 0.5) is 34.1 Å². The van der Waals surface area contributed by atoms with Gasteiger partial charge in [0, 0.05) is 132 Å². The summed E-state index contributed by atoms with van der Waals surface area (Å²) in [6.45, 7) is 21.3. The third kappa shape index (κ3) is 30.6. The summed E-state index contributed by atoms with van der Waals surface area (Å²) in [6.07, 6.45) is 16.9. The monoisotopic (exact) mass is 1730 g/mol. The highest BCUT2D eigenvalue weighted by atomic mass is 35.5. The molecule has 6 aromatic rings. The molecule has 0 unspecified atom stereocenters. The number of carbonyl (C=O) groups is 10. The highest BCUT2D eigenvalue weighted by Crippen LogP contribution is 2.32. The van der Waals surface area contributed by atoms with Crippen molar-refractivity contribution in [3.8, 4) is 0 Å². The molecule has 0 saturated carbocycles. The topological polar surface area (TPSA) is 262 Å². The number of likely N-dealkylation sites (tertiary alicyclic amines) is 6. The second-order valence-electron chi connectivity index (χ2n) is 28.4. The van der Waals surface area contributed by atoms with Crippen molar-refractivity contribution in [2.75, 3.05) is 124 Å². The molecule has 6 aliphatic heterocycles. The molecule has 0 bridgehead atoms. The van der Waals surface area contributed by atoms with E-state index < -0.39 is 47.3 Å². The minimum atomic E-state index is -0.650. The van der Waals surface area contributed by atoms with Crippen LogP contribution in [0.2, 0.25) is 45.2 Å². The normalized spacial score (nSPS) is 15.4. The summed E-state index contributed by atoms with van der Waals surface area (Å²) in [5, 5.41) is 20.8. The van der Waals surface area contributed by atoms with Crippen LogP contribution in [-0.2, 0) is 47.9 Å². The van der Waals surface area contributed by atoms with Crippen molar-refractivity contribution in [1.29, 1.82) is 0 Å². The van der Waals surface area contributed by atoms with Crippen molar-refractivity contribution in [2.24, 2.45) is 0 Å². The van der Waals surface area contributed by atoms with E-state index in [0.717, 1.165) is 142 Å². The molecule has 6 aliphatic rings. The Bertz CT molecular complexity index is 4090. The minimum Gasteiger partial charge on any atom is -0.334 e. The van der Waals surface area contributed by atoms with Crippen molar-refractivity contribution in [3.63, 3.8) is 0 Å². The fourth-order valence-electron chi connectivity index (χ4n) is 12.6. The Morgan fingerprint density at radius 1 is 0.248 bits per heavy atom. The molecule has 6 heterocycles. The van der Waals surface area contributed by atoms with Crippen LogP contribution in [0.3, 0.4) is 0 Å². The van der Waals surface area contributed by atoms with Crippen LogP contribution < -0.4 is 31.9 Å². The lowest BCUT2D eigenvalue weighted by Gasteiger charge is -2.25. The van der Waals surface area contributed by atoms with Gasteiger partial charge in [-0.05, 0) is 277 Å². The summed E-state index contributed by atoms with van der Waals surface area (Å²) in [5.74, 6) is -4.41. The van der Waals surface area contributed by atoms with E-state index in [-0.39, 0.29) is 11.8 Å². The molecule has 10 amide bonds. The summed E-state index contributed by atoms with van der Waals surface area (Å²) in [7, 11) is 0. The zero-order valence-corrected chi connectivity index (χ0v) is 71.3. The number of carbonyl (C=O) groups excluding carboxylic acids is 10. The lowest BCUT2D eigenvalue weighted by Crippen LogP contribution is -2.42. The first kappa shape index (κ1) is 92.7. The SMILES string of the molecule is Cc1c(Cl)cc(NC(=O)C(=O)N2CCCCC2)cc1Cl.Cc1c(Cl)cc(NC(=O)C(=O)N2CCCCC2)cc1Cl.Cc1c(Cl)cc(NC(=O)CN2CCCC2)cc1Cl.Cc1ccc(NC(=O)C(=O)N2CCCCC2)cc1Cl.Cc1ccc(NC(=O)C(=O)N2CCCCC2)cc1Cl.Cc1ccc(NC(=O)CN2CCCC2)cc1Cl. The molecular formula is C82H99Cl9N12O10. The van der Waals surface area contributed by atoms with Gasteiger partial charge < -0.3 is 51.5 Å². The van der Waals surface area contributed by atoms with Gasteiger partial charge in [-0.3, -0.25) is 57.7 Å². The Morgan fingerprint density at radius 2 is 0.434 bits per heavy atom. The zero-order chi connectivity index (χ0) is 82.4. The molecule has 610 valence electrons. The molecule has 12 rings (SSSR count). The number of piperidine rings is 4. The van der Waals surface area contributed by atoms with Gasteiger partial charge in [0.15, 0.2) is 0 Å². The van der Waals surface area contributed by atoms with Gasteiger partial charge >= 0.3 is 47.3 Å². The molecule has 22 nitrogen and oxygen atoms in total. The number of anilines is 6. The molecular weight excluding hydrogens is 1630 g/mol. The predicted octanol–water partition coefficient (Wildman–Crippen LogP) is 17.7. The van der Waals surface area contributed by atoms with Crippen LogP contribution in [0.5, 0.6) is 0 Å². The molecule has 6 saturated heterocycles. The van der Waals surface area contributed by atoms with Gasteiger partial charge in [0.2, 0.25) is 11.8 Å². The van der Waals surface area contributed by atoms with E-state index in [0.29, 0.717) is 139 Å². The quantitative estimate of drug-likeness (QED) is 0.0700. The average Bonchev–Trinajstić information content (AvgIpc) is 1.05. The number of nitrogens with zero attached hydrogens (tertiary/aromatic N) is 6. The van der Waals surface area contributed by atoms with Crippen molar-refractivity contribution < 1.29 is 47.9 Å². The first-order chi connectivity index (χ1) is 53.8. The fraction of sp³-hybridized carbons (Fsp3) is 0.439. The number of hydrogen-bond donors (Lipinski definition) is 6. The van der Waals surface area contributed by atoms with Crippen molar-refractivity contribution in [3.05, 3.63) is 170 Å².